The minimum atomic E-state index is 0.632. The molecule has 1 aromatic rings. The summed E-state index contributed by atoms with van der Waals surface area (Å²) in [6.07, 6.45) is 2.72. The number of carbonyl (C=O) groups excluding carboxylic acids is 1. The zero-order chi connectivity index (χ0) is 11.5. The van der Waals surface area contributed by atoms with Crippen LogP contribution in [0, 0.1) is 0 Å². The number of nitrogens with one attached hydrogen (secondary N) is 1. The van der Waals surface area contributed by atoms with Crippen LogP contribution in [-0.2, 0) is 11.2 Å². The van der Waals surface area contributed by atoms with Crippen molar-refractivity contribution in [2.45, 2.75) is 26.7 Å². The molecule has 0 bridgehead atoms. The quantitative estimate of drug-likeness (QED) is 0.622. The maximum Gasteiger partial charge on any atom is 0.207 e. The Labute approximate surface area is 96.6 Å². The standard InChI is InChI=1S/C9H10ClNO.C3H8/c10-9-4-2-1-3-8(9)5-6-11-7-12;1-3-2/h1-4,7H,5-6H2,(H,11,12);3H2,1-2H3. The Morgan fingerprint density at radius 1 is 1.33 bits per heavy atom. The van der Waals surface area contributed by atoms with Gasteiger partial charge >= 0.3 is 0 Å². The van der Waals surface area contributed by atoms with E-state index in [9.17, 15) is 4.79 Å². The van der Waals surface area contributed by atoms with Gasteiger partial charge in [-0.15, -0.1) is 0 Å². The Bertz CT molecular complexity index is 276. The maximum absolute atomic E-state index is 9.94. The molecule has 0 aliphatic rings. The molecule has 0 saturated heterocycles. The van der Waals surface area contributed by atoms with Crippen LogP contribution in [-0.4, -0.2) is 13.0 Å². The largest absolute Gasteiger partial charge is 0.358 e. The molecule has 1 amide bonds. The predicted octanol–water partition coefficient (Wildman–Crippen LogP) is 3.04. The molecule has 0 fully saturated rings. The molecule has 15 heavy (non-hydrogen) atoms. The molecule has 0 aliphatic carbocycles. The lowest BCUT2D eigenvalue weighted by Gasteiger charge is -2.01. The molecule has 0 radical (unpaired) electrons. The molecule has 3 heteroatoms. The van der Waals surface area contributed by atoms with Crippen LogP contribution in [0.25, 0.3) is 0 Å². The molecule has 1 N–H and O–H groups in total. The van der Waals surface area contributed by atoms with E-state index in [2.05, 4.69) is 19.2 Å². The van der Waals surface area contributed by atoms with Crippen molar-refractivity contribution in [2.75, 3.05) is 6.54 Å². The zero-order valence-corrected chi connectivity index (χ0v) is 10.1. The molecule has 0 aliphatic heterocycles. The van der Waals surface area contributed by atoms with Gasteiger partial charge in [-0.1, -0.05) is 50.1 Å². The summed E-state index contributed by atoms with van der Waals surface area (Å²) in [5.41, 5.74) is 1.06. The van der Waals surface area contributed by atoms with Crippen LogP contribution in [0.5, 0.6) is 0 Å². The zero-order valence-electron chi connectivity index (χ0n) is 9.29. The molecule has 0 spiro atoms. The maximum atomic E-state index is 9.94. The highest BCUT2D eigenvalue weighted by molar-refractivity contribution is 6.31. The van der Waals surface area contributed by atoms with Crippen molar-refractivity contribution in [2.24, 2.45) is 0 Å². The van der Waals surface area contributed by atoms with Gasteiger partial charge in [0.15, 0.2) is 0 Å². The van der Waals surface area contributed by atoms with Crippen molar-refractivity contribution in [1.82, 2.24) is 5.32 Å². The normalized spacial score (nSPS) is 8.73. The molecule has 84 valence electrons. The lowest BCUT2D eigenvalue weighted by molar-refractivity contribution is -0.109. The molecule has 1 rings (SSSR count). The first-order valence-corrected chi connectivity index (χ1v) is 5.54. The molecule has 0 aromatic heterocycles. The Hall–Kier alpha value is -1.02. The number of carbonyl (C=O) groups is 1. The first-order valence-electron chi connectivity index (χ1n) is 5.16. The van der Waals surface area contributed by atoms with Gasteiger partial charge in [-0.2, -0.15) is 0 Å². The SMILES string of the molecule is CCC.O=CNCCc1ccccc1Cl. The number of hydrogen-bond acceptors (Lipinski definition) is 1. The Balaban J connectivity index is 0.000000583. The number of hydrogen-bond donors (Lipinski definition) is 1. The van der Waals surface area contributed by atoms with Gasteiger partial charge in [0, 0.05) is 11.6 Å². The van der Waals surface area contributed by atoms with Gasteiger partial charge < -0.3 is 5.32 Å². The van der Waals surface area contributed by atoms with Crippen molar-refractivity contribution in [3.63, 3.8) is 0 Å². The number of rotatable bonds is 4. The second-order valence-corrected chi connectivity index (χ2v) is 3.53. The second-order valence-electron chi connectivity index (χ2n) is 3.12. The lowest BCUT2D eigenvalue weighted by atomic mass is 10.1. The summed E-state index contributed by atoms with van der Waals surface area (Å²) in [7, 11) is 0. The summed E-state index contributed by atoms with van der Waals surface area (Å²) in [6, 6.07) is 7.62. The molecular weight excluding hydrogens is 210 g/mol. The lowest BCUT2D eigenvalue weighted by Crippen LogP contribution is -2.14. The van der Waals surface area contributed by atoms with Crippen molar-refractivity contribution >= 4 is 18.0 Å². The number of amides is 1. The van der Waals surface area contributed by atoms with Gasteiger partial charge in [-0.05, 0) is 18.1 Å². The van der Waals surface area contributed by atoms with Crippen LogP contribution >= 0.6 is 11.6 Å². The van der Waals surface area contributed by atoms with Crippen molar-refractivity contribution < 1.29 is 4.79 Å². The Kier molecular flexibility index (Phi) is 8.88. The molecule has 2 nitrogen and oxygen atoms in total. The molecule has 1 aromatic carbocycles. The van der Waals surface area contributed by atoms with Crippen LogP contribution < -0.4 is 5.32 Å². The summed E-state index contributed by atoms with van der Waals surface area (Å²) in [6.45, 7) is 4.88. The van der Waals surface area contributed by atoms with Gasteiger partial charge in [0.25, 0.3) is 0 Å². The minimum absolute atomic E-state index is 0.632. The third kappa shape index (κ3) is 6.97. The van der Waals surface area contributed by atoms with E-state index in [1.54, 1.807) is 0 Å². The van der Waals surface area contributed by atoms with Gasteiger partial charge in [-0.25, -0.2) is 0 Å². The summed E-state index contributed by atoms with van der Waals surface area (Å²) in [5, 5.41) is 3.34. The van der Waals surface area contributed by atoms with E-state index in [-0.39, 0.29) is 0 Å². The molecule has 0 unspecified atom stereocenters. The van der Waals surface area contributed by atoms with E-state index in [1.807, 2.05) is 24.3 Å². The fraction of sp³-hybridized carbons (Fsp3) is 0.417. The van der Waals surface area contributed by atoms with E-state index < -0.39 is 0 Å². The monoisotopic (exact) mass is 227 g/mol. The average molecular weight is 228 g/mol. The predicted molar refractivity (Wildman–Crippen MR) is 65.2 cm³/mol. The van der Waals surface area contributed by atoms with E-state index in [4.69, 9.17) is 11.6 Å². The topological polar surface area (TPSA) is 29.1 Å². The van der Waals surface area contributed by atoms with E-state index >= 15 is 0 Å². The van der Waals surface area contributed by atoms with Crippen molar-refractivity contribution in [3.05, 3.63) is 34.9 Å². The molecule has 0 atom stereocenters. The van der Waals surface area contributed by atoms with E-state index in [0.717, 1.165) is 17.0 Å². The second kappa shape index (κ2) is 9.53. The highest BCUT2D eigenvalue weighted by atomic mass is 35.5. The Morgan fingerprint density at radius 2 is 1.93 bits per heavy atom. The van der Waals surface area contributed by atoms with Gasteiger partial charge in [0.1, 0.15) is 0 Å². The van der Waals surface area contributed by atoms with Crippen molar-refractivity contribution in [3.8, 4) is 0 Å². The highest BCUT2D eigenvalue weighted by Crippen LogP contribution is 2.14. The minimum Gasteiger partial charge on any atom is -0.358 e. The fourth-order valence-electron chi connectivity index (χ4n) is 0.967. The van der Waals surface area contributed by atoms with E-state index in [1.165, 1.54) is 6.42 Å². The first-order chi connectivity index (χ1) is 7.26. The van der Waals surface area contributed by atoms with Gasteiger partial charge in [-0.3, -0.25) is 4.79 Å². The number of benzene rings is 1. The summed E-state index contributed by atoms with van der Waals surface area (Å²) < 4.78 is 0. The third-order valence-electron chi connectivity index (χ3n) is 1.58. The van der Waals surface area contributed by atoms with Gasteiger partial charge in [0.2, 0.25) is 6.41 Å². The average Bonchev–Trinajstić information content (AvgIpc) is 2.22. The highest BCUT2D eigenvalue weighted by Gasteiger charge is 1.96. The first kappa shape index (κ1) is 14.0. The molecule has 0 heterocycles. The van der Waals surface area contributed by atoms with Crippen LogP contribution in [0.1, 0.15) is 25.8 Å². The molecule has 0 saturated carbocycles. The smallest absolute Gasteiger partial charge is 0.207 e. The van der Waals surface area contributed by atoms with E-state index in [0.29, 0.717) is 13.0 Å². The van der Waals surface area contributed by atoms with Gasteiger partial charge in [0.05, 0.1) is 0 Å². The Morgan fingerprint density at radius 3 is 2.47 bits per heavy atom. The van der Waals surface area contributed by atoms with Crippen LogP contribution in [0.3, 0.4) is 0 Å². The van der Waals surface area contributed by atoms with Crippen LogP contribution in [0.15, 0.2) is 24.3 Å². The third-order valence-corrected chi connectivity index (χ3v) is 1.95. The van der Waals surface area contributed by atoms with Crippen LogP contribution in [0.4, 0.5) is 0 Å². The summed E-state index contributed by atoms with van der Waals surface area (Å²) in [5.74, 6) is 0. The fourth-order valence-corrected chi connectivity index (χ4v) is 1.20. The molecular formula is C12H18ClNO. The van der Waals surface area contributed by atoms with Crippen molar-refractivity contribution in [1.29, 1.82) is 0 Å². The summed E-state index contributed by atoms with van der Waals surface area (Å²) in [4.78, 5) is 9.94. The summed E-state index contributed by atoms with van der Waals surface area (Å²) >= 11 is 5.89. The van der Waals surface area contributed by atoms with Crippen LogP contribution in [0.2, 0.25) is 5.02 Å². The number of halogens is 1.